The molecule has 3 aromatic rings. The summed E-state index contributed by atoms with van der Waals surface area (Å²) in [6, 6.07) is 13.9. The second-order valence-corrected chi connectivity index (χ2v) is 8.00. The summed E-state index contributed by atoms with van der Waals surface area (Å²) in [6.45, 7) is 0.733. The third-order valence-electron chi connectivity index (χ3n) is 3.90. The molecule has 0 saturated heterocycles. The molecule has 0 aliphatic rings. The van der Waals surface area contributed by atoms with Gasteiger partial charge in [-0.1, -0.05) is 64.1 Å². The number of phenolic OH excluding ortho intramolecular Hbond substituents is 1. The van der Waals surface area contributed by atoms with E-state index < -0.39 is 0 Å². The van der Waals surface area contributed by atoms with Gasteiger partial charge < -0.3 is 15.2 Å². The van der Waals surface area contributed by atoms with Gasteiger partial charge in [0.25, 0.3) is 0 Å². The first kappa shape index (κ1) is 21.2. The zero-order valence-corrected chi connectivity index (χ0v) is 18.1. The van der Waals surface area contributed by atoms with Gasteiger partial charge in [0.05, 0.1) is 20.1 Å². The van der Waals surface area contributed by atoms with E-state index in [1.165, 1.54) is 0 Å². The molecule has 0 aliphatic carbocycles. The Morgan fingerprint density at radius 1 is 0.786 bits per heavy atom. The molecule has 0 spiro atoms. The lowest BCUT2D eigenvalue weighted by Crippen LogP contribution is -2.04. The number of nitrogens with one attached hydrogen (secondary N) is 1. The molecule has 0 fully saturated rings. The van der Waals surface area contributed by atoms with Crippen molar-refractivity contribution in [1.29, 1.82) is 0 Å². The number of anilines is 1. The molecule has 0 unspecified atom stereocenters. The predicted octanol–water partition coefficient (Wildman–Crippen LogP) is 7.85. The standard InChI is InChI=1S/C20H14Cl5NO2/c21-13-2-4-19(28-10-11-1-3-15(22)16(23)5-11)12(6-13)9-26-14-7-17(24)20(27)18(25)8-14/h1-8,26-27H,9-10H2. The number of rotatable bonds is 6. The molecule has 3 rings (SSSR count). The number of phenols is 1. The molecule has 0 amide bonds. The Hall–Kier alpha value is -1.49. The number of halogens is 5. The van der Waals surface area contributed by atoms with Crippen molar-refractivity contribution in [2.75, 3.05) is 5.32 Å². The van der Waals surface area contributed by atoms with Gasteiger partial charge in [0.1, 0.15) is 12.4 Å². The van der Waals surface area contributed by atoms with E-state index in [0.29, 0.717) is 39.7 Å². The van der Waals surface area contributed by atoms with Crippen molar-refractivity contribution < 1.29 is 9.84 Å². The number of aromatic hydroxyl groups is 1. The maximum absolute atomic E-state index is 9.66. The molecular formula is C20H14Cl5NO2. The Morgan fingerprint density at radius 3 is 2.18 bits per heavy atom. The summed E-state index contributed by atoms with van der Waals surface area (Å²) in [5.41, 5.74) is 2.39. The first-order valence-corrected chi connectivity index (χ1v) is 9.99. The van der Waals surface area contributed by atoms with Crippen LogP contribution in [0.1, 0.15) is 11.1 Å². The van der Waals surface area contributed by atoms with Crippen LogP contribution in [0.25, 0.3) is 0 Å². The molecule has 8 heteroatoms. The Morgan fingerprint density at radius 2 is 1.50 bits per heavy atom. The smallest absolute Gasteiger partial charge is 0.152 e. The van der Waals surface area contributed by atoms with Gasteiger partial charge in [0.15, 0.2) is 5.75 Å². The molecule has 0 atom stereocenters. The first-order chi connectivity index (χ1) is 13.3. The largest absolute Gasteiger partial charge is 0.505 e. The van der Waals surface area contributed by atoms with E-state index in [-0.39, 0.29) is 15.8 Å². The molecule has 2 N–H and O–H groups in total. The average molecular weight is 478 g/mol. The van der Waals surface area contributed by atoms with Crippen LogP contribution in [0, 0.1) is 0 Å². The lowest BCUT2D eigenvalue weighted by molar-refractivity contribution is 0.303. The van der Waals surface area contributed by atoms with Gasteiger partial charge in [0, 0.05) is 22.8 Å². The third-order valence-corrected chi connectivity index (χ3v) is 5.45. The summed E-state index contributed by atoms with van der Waals surface area (Å²) in [7, 11) is 0. The minimum atomic E-state index is -0.151. The van der Waals surface area contributed by atoms with Crippen LogP contribution in [0.5, 0.6) is 11.5 Å². The second-order valence-electron chi connectivity index (χ2n) is 5.93. The second kappa shape index (κ2) is 9.34. The van der Waals surface area contributed by atoms with Crippen molar-refractivity contribution in [2.24, 2.45) is 0 Å². The normalized spacial score (nSPS) is 10.8. The van der Waals surface area contributed by atoms with Gasteiger partial charge in [-0.05, 0) is 48.0 Å². The Balaban J connectivity index is 1.74. The summed E-state index contributed by atoms with van der Waals surface area (Å²) in [5.74, 6) is 0.515. The van der Waals surface area contributed by atoms with Crippen LogP contribution in [0.15, 0.2) is 48.5 Å². The molecule has 0 radical (unpaired) electrons. The fourth-order valence-electron chi connectivity index (χ4n) is 2.48. The predicted molar refractivity (Wildman–Crippen MR) is 118 cm³/mol. The van der Waals surface area contributed by atoms with Crippen molar-refractivity contribution in [3.63, 3.8) is 0 Å². The zero-order chi connectivity index (χ0) is 20.3. The maximum atomic E-state index is 9.66. The van der Waals surface area contributed by atoms with Crippen LogP contribution in [0.4, 0.5) is 5.69 Å². The van der Waals surface area contributed by atoms with E-state index >= 15 is 0 Å². The molecule has 146 valence electrons. The van der Waals surface area contributed by atoms with Gasteiger partial charge in [-0.25, -0.2) is 0 Å². The number of ether oxygens (including phenoxy) is 1. The average Bonchev–Trinajstić information content (AvgIpc) is 2.66. The van der Waals surface area contributed by atoms with Crippen molar-refractivity contribution in [1.82, 2.24) is 0 Å². The van der Waals surface area contributed by atoms with Gasteiger partial charge >= 0.3 is 0 Å². The van der Waals surface area contributed by atoms with Gasteiger partial charge in [-0.3, -0.25) is 0 Å². The van der Waals surface area contributed by atoms with Crippen LogP contribution >= 0.6 is 58.0 Å². The van der Waals surface area contributed by atoms with Crippen molar-refractivity contribution in [3.8, 4) is 11.5 Å². The molecule has 0 aromatic heterocycles. The first-order valence-electron chi connectivity index (χ1n) is 8.10. The molecule has 3 nitrogen and oxygen atoms in total. The summed E-state index contributed by atoms with van der Waals surface area (Å²) >= 11 is 30.0. The van der Waals surface area contributed by atoms with Crippen LogP contribution < -0.4 is 10.1 Å². The van der Waals surface area contributed by atoms with Crippen LogP contribution in [0.3, 0.4) is 0 Å². The molecule has 0 bridgehead atoms. The van der Waals surface area contributed by atoms with Crippen molar-refractivity contribution in [2.45, 2.75) is 13.2 Å². The Kier molecular flexibility index (Phi) is 7.08. The highest BCUT2D eigenvalue weighted by atomic mass is 35.5. The SMILES string of the molecule is Oc1c(Cl)cc(NCc2cc(Cl)ccc2OCc2ccc(Cl)c(Cl)c2)cc1Cl. The number of hydrogen-bond acceptors (Lipinski definition) is 3. The number of hydrogen-bond donors (Lipinski definition) is 2. The van der Waals surface area contributed by atoms with E-state index in [4.69, 9.17) is 62.7 Å². The fourth-order valence-corrected chi connectivity index (χ4v) is 3.48. The lowest BCUT2D eigenvalue weighted by Gasteiger charge is -2.14. The topological polar surface area (TPSA) is 41.5 Å². The summed E-state index contributed by atoms with van der Waals surface area (Å²) in [5, 5.41) is 14.7. The highest BCUT2D eigenvalue weighted by molar-refractivity contribution is 6.42. The Bertz CT molecular complexity index is 987. The van der Waals surface area contributed by atoms with Gasteiger partial charge in [-0.2, -0.15) is 0 Å². The monoisotopic (exact) mass is 475 g/mol. The Labute approximate surface area is 187 Å². The van der Waals surface area contributed by atoms with Crippen LogP contribution in [-0.4, -0.2) is 5.11 Å². The molecule has 28 heavy (non-hydrogen) atoms. The number of benzene rings is 3. The third kappa shape index (κ3) is 5.31. The summed E-state index contributed by atoms with van der Waals surface area (Å²) in [6.07, 6.45) is 0. The maximum Gasteiger partial charge on any atom is 0.152 e. The van der Waals surface area contributed by atoms with Gasteiger partial charge in [0.2, 0.25) is 0 Å². The molecule has 0 saturated carbocycles. The summed E-state index contributed by atoms with van der Waals surface area (Å²) in [4.78, 5) is 0. The molecule has 0 heterocycles. The minimum absolute atomic E-state index is 0.151. The van der Waals surface area contributed by atoms with E-state index in [0.717, 1.165) is 11.1 Å². The molecular weight excluding hydrogens is 463 g/mol. The zero-order valence-electron chi connectivity index (χ0n) is 14.3. The van der Waals surface area contributed by atoms with Crippen LogP contribution in [-0.2, 0) is 13.2 Å². The van der Waals surface area contributed by atoms with Crippen LogP contribution in [0.2, 0.25) is 25.1 Å². The van der Waals surface area contributed by atoms with E-state index in [1.54, 1.807) is 36.4 Å². The van der Waals surface area contributed by atoms with E-state index in [1.807, 2.05) is 12.1 Å². The minimum Gasteiger partial charge on any atom is -0.505 e. The molecule has 3 aromatic carbocycles. The van der Waals surface area contributed by atoms with E-state index in [9.17, 15) is 5.11 Å². The fraction of sp³-hybridized carbons (Fsp3) is 0.100. The molecule has 0 aliphatic heterocycles. The highest BCUT2D eigenvalue weighted by Crippen LogP contribution is 2.35. The quantitative estimate of drug-likeness (QED) is 0.355. The van der Waals surface area contributed by atoms with Crippen molar-refractivity contribution >= 4 is 63.7 Å². The summed E-state index contributed by atoms with van der Waals surface area (Å²) < 4.78 is 5.94. The highest BCUT2D eigenvalue weighted by Gasteiger charge is 2.10. The lowest BCUT2D eigenvalue weighted by atomic mass is 10.2. The van der Waals surface area contributed by atoms with Crippen molar-refractivity contribution in [3.05, 3.63) is 84.8 Å². The van der Waals surface area contributed by atoms with Gasteiger partial charge in [-0.15, -0.1) is 0 Å². The van der Waals surface area contributed by atoms with E-state index in [2.05, 4.69) is 5.32 Å².